The van der Waals surface area contributed by atoms with E-state index in [-0.39, 0.29) is 7.43 Å². The minimum absolute atomic E-state index is 0. The predicted molar refractivity (Wildman–Crippen MR) is 49.4 cm³/mol. The van der Waals surface area contributed by atoms with Crippen LogP contribution in [0.4, 0.5) is 0 Å². The molecule has 0 saturated carbocycles. The summed E-state index contributed by atoms with van der Waals surface area (Å²) in [6.45, 7) is 0. The van der Waals surface area contributed by atoms with Gasteiger partial charge in [0.1, 0.15) is 0 Å². The van der Waals surface area contributed by atoms with Crippen LogP contribution in [0, 0.1) is 0 Å². The molecule has 0 aromatic heterocycles. The van der Waals surface area contributed by atoms with Gasteiger partial charge in [-0.3, -0.25) is 0 Å². The van der Waals surface area contributed by atoms with E-state index in [0.717, 1.165) is 4.48 Å². The van der Waals surface area contributed by atoms with Crippen LogP contribution in [0.3, 0.4) is 0 Å². The summed E-state index contributed by atoms with van der Waals surface area (Å²) in [4.78, 5) is 1.42. The molecular weight excluding hydrogens is 124 g/mol. The van der Waals surface area contributed by atoms with Gasteiger partial charge in [0.25, 0.3) is 0 Å². The van der Waals surface area contributed by atoms with E-state index in [4.69, 9.17) is 0 Å². The van der Waals surface area contributed by atoms with E-state index in [2.05, 4.69) is 49.3 Å². The third-order valence-electron chi connectivity index (χ3n) is 0. The summed E-state index contributed by atoms with van der Waals surface area (Å²) < 4.78 is 1.00. The van der Waals surface area contributed by atoms with Crippen LogP contribution in [-0.2, 0) is 0 Å². The maximum absolute atomic E-state index is 2.12. The zero-order valence-electron chi connectivity index (χ0n) is 7.95. The minimum atomic E-state index is 0. The Kier molecular flexibility index (Phi) is 11.6. The van der Waals surface area contributed by atoms with Gasteiger partial charge < -0.3 is 9.38 Å². The Morgan fingerprint density at radius 2 is 0.800 bits per heavy atom. The Balaban J connectivity index is -0.0000000910. The highest BCUT2D eigenvalue weighted by Gasteiger charge is 1.88. The molecule has 0 heterocycles. The highest BCUT2D eigenvalue weighted by atomic mass is 15.2. The summed E-state index contributed by atoms with van der Waals surface area (Å²) in [6, 6.07) is 0. The Morgan fingerprint density at radius 3 is 0.800 bits per heavy atom. The monoisotopic (exact) mass is 150 g/mol. The number of nitrogens with zero attached hydrogens (tertiary/aromatic N) is 1. The van der Waals surface area contributed by atoms with Gasteiger partial charge in [-0.25, -0.2) is 0 Å². The Bertz CT molecular complexity index is 44.0. The van der Waals surface area contributed by atoms with Crippen LogP contribution in [0.25, 0.3) is 0 Å². The zero-order valence-corrected chi connectivity index (χ0v) is 7.95. The van der Waals surface area contributed by atoms with Gasteiger partial charge in [-0.1, -0.05) is 7.43 Å². The number of hydrogen-bond acceptors (Lipinski definition) is 0. The first-order valence-corrected chi connectivity index (χ1v) is 3.29. The fourth-order valence-electron chi connectivity index (χ4n) is 0. The molecule has 10 heavy (non-hydrogen) atoms. The van der Waals surface area contributed by atoms with E-state index in [9.17, 15) is 0 Å². The summed E-state index contributed by atoms with van der Waals surface area (Å²) in [6.07, 6.45) is 0. The van der Waals surface area contributed by atoms with Crippen LogP contribution < -0.4 is 4.90 Å². The molecule has 0 aromatic carbocycles. The van der Waals surface area contributed by atoms with Crippen molar-refractivity contribution in [1.82, 2.24) is 0 Å². The van der Waals surface area contributed by atoms with Gasteiger partial charge in [0, 0.05) is 0 Å². The average Bonchev–Trinajstić information content (AvgIpc) is 1.19. The van der Waals surface area contributed by atoms with Crippen molar-refractivity contribution in [3.05, 3.63) is 0 Å². The number of quaternary nitrogens is 2. The van der Waals surface area contributed by atoms with Gasteiger partial charge in [0.05, 0.1) is 49.3 Å². The second-order valence-corrected chi connectivity index (χ2v) is 4.18. The molecule has 0 bridgehead atoms. The van der Waals surface area contributed by atoms with Crippen molar-refractivity contribution in [3.63, 3.8) is 0 Å². The summed E-state index contributed by atoms with van der Waals surface area (Å²) in [5.41, 5.74) is 0. The van der Waals surface area contributed by atoms with Crippen LogP contribution in [0.2, 0.25) is 0 Å². The summed E-state index contributed by atoms with van der Waals surface area (Å²) in [5.74, 6) is 0. The van der Waals surface area contributed by atoms with Crippen LogP contribution in [0.5, 0.6) is 0 Å². The van der Waals surface area contributed by atoms with Gasteiger partial charge >= 0.3 is 0 Å². The predicted octanol–water partition coefficient (Wildman–Crippen LogP) is -0.281. The Morgan fingerprint density at radius 1 is 0.800 bits per heavy atom. The zero-order chi connectivity index (χ0) is 8.08. The van der Waals surface area contributed by atoms with Crippen molar-refractivity contribution in [2.75, 3.05) is 49.3 Å². The second-order valence-electron chi connectivity index (χ2n) is 4.18. The molecular formula is C8H26N2+2. The molecule has 1 N–H and O–H groups in total. The number of rotatable bonds is 0. The van der Waals surface area contributed by atoms with Gasteiger partial charge in [0.15, 0.2) is 0 Å². The lowest BCUT2D eigenvalue weighted by atomic mass is 10.8. The highest BCUT2D eigenvalue weighted by molar-refractivity contribution is 3.87. The van der Waals surface area contributed by atoms with Gasteiger partial charge in [0.2, 0.25) is 0 Å². The van der Waals surface area contributed by atoms with Gasteiger partial charge in [-0.05, 0) is 0 Å². The molecule has 0 saturated heterocycles. The molecule has 0 atom stereocenters. The van der Waals surface area contributed by atoms with Crippen LogP contribution in [0.15, 0.2) is 0 Å². The van der Waals surface area contributed by atoms with E-state index < -0.39 is 0 Å². The molecule has 0 aliphatic carbocycles. The topological polar surface area (TPSA) is 4.44 Å². The Labute approximate surface area is 67.0 Å². The molecule has 0 amide bonds. The number of hydrogen-bond donors (Lipinski definition) is 1. The lowest BCUT2D eigenvalue weighted by Gasteiger charge is -2.14. The molecule has 0 unspecified atom stereocenters. The second kappa shape index (κ2) is 7.03. The number of nitrogens with one attached hydrogen (secondary N) is 1. The van der Waals surface area contributed by atoms with Crippen molar-refractivity contribution in [2.45, 2.75) is 7.43 Å². The van der Waals surface area contributed by atoms with E-state index in [1.54, 1.807) is 0 Å². The quantitative estimate of drug-likeness (QED) is 0.453. The molecule has 0 aliphatic rings. The smallest absolute Gasteiger partial charge is 0.0675 e. The third kappa shape index (κ3) is 59300. The van der Waals surface area contributed by atoms with Crippen molar-refractivity contribution in [1.29, 1.82) is 0 Å². The summed E-state index contributed by atoms with van der Waals surface area (Å²) in [7, 11) is 14.8. The van der Waals surface area contributed by atoms with Crippen molar-refractivity contribution in [2.24, 2.45) is 0 Å². The lowest BCUT2D eigenvalue weighted by molar-refractivity contribution is -0.849. The first-order valence-electron chi connectivity index (χ1n) is 3.29. The first kappa shape index (κ1) is 16.5. The first-order chi connectivity index (χ1) is 3.73. The van der Waals surface area contributed by atoms with Crippen molar-refractivity contribution < 1.29 is 9.38 Å². The molecule has 0 radical (unpaired) electrons. The molecule has 0 spiro atoms. The van der Waals surface area contributed by atoms with Crippen molar-refractivity contribution in [3.8, 4) is 0 Å². The minimum Gasteiger partial charge on any atom is -0.342 e. The van der Waals surface area contributed by atoms with Gasteiger partial charge in [-0.15, -0.1) is 0 Å². The fourth-order valence-corrected chi connectivity index (χ4v) is 0. The normalized spacial score (nSPS) is 9.60. The molecule has 0 fully saturated rings. The van der Waals surface area contributed by atoms with E-state index in [1.807, 2.05) is 0 Å². The van der Waals surface area contributed by atoms with Crippen LogP contribution in [0.1, 0.15) is 7.43 Å². The Hall–Kier alpha value is -0.0800. The maximum Gasteiger partial charge on any atom is 0.0675 e. The van der Waals surface area contributed by atoms with Crippen LogP contribution >= 0.6 is 0 Å². The van der Waals surface area contributed by atoms with Crippen molar-refractivity contribution >= 4 is 0 Å². The third-order valence-corrected chi connectivity index (χ3v) is 0. The maximum atomic E-state index is 2.12. The van der Waals surface area contributed by atoms with Gasteiger partial charge in [-0.2, -0.15) is 0 Å². The summed E-state index contributed by atoms with van der Waals surface area (Å²) in [5, 5.41) is 0. The highest BCUT2D eigenvalue weighted by Crippen LogP contribution is 1.73. The molecule has 0 rings (SSSR count). The molecule has 2 nitrogen and oxygen atoms in total. The standard InChI is InChI=1S/C4H12N.C3H9N.CH4/c1-5(2,3)4;1-4(2)3;/h1-4H3;1-3H3;1H4/q+1;;/p+1. The van der Waals surface area contributed by atoms with E-state index >= 15 is 0 Å². The van der Waals surface area contributed by atoms with E-state index in [1.165, 1.54) is 4.90 Å². The lowest BCUT2D eigenvalue weighted by Crippen LogP contribution is -3.02. The fraction of sp³-hybridized carbons (Fsp3) is 1.00. The SMILES string of the molecule is C.C[N+](C)(C)C.C[NH+](C)C. The van der Waals surface area contributed by atoms with Crippen LogP contribution in [-0.4, -0.2) is 53.8 Å². The summed E-state index contributed by atoms with van der Waals surface area (Å²) >= 11 is 0. The molecule has 0 aliphatic heterocycles. The largest absolute Gasteiger partial charge is 0.342 e. The van der Waals surface area contributed by atoms with E-state index in [0.29, 0.717) is 0 Å². The molecule has 0 aromatic rings. The average molecular weight is 150 g/mol. The molecule has 2 heteroatoms. The molecule has 66 valence electrons.